The van der Waals surface area contributed by atoms with E-state index < -0.39 is 11.6 Å². The topological polar surface area (TPSA) is 35.2 Å². The molecule has 0 amide bonds. The first-order valence-corrected chi connectivity index (χ1v) is 6.08. The average molecular weight is 263 g/mol. The van der Waals surface area contributed by atoms with Gasteiger partial charge < -0.3 is 10.5 Å². The maximum absolute atomic E-state index is 13.4. The third kappa shape index (κ3) is 3.29. The predicted molar refractivity (Wildman–Crippen MR) is 70.1 cm³/mol. The summed E-state index contributed by atoms with van der Waals surface area (Å²) in [5, 5.41) is 0. The Morgan fingerprint density at radius 3 is 2.42 bits per heavy atom. The van der Waals surface area contributed by atoms with E-state index >= 15 is 0 Å². The molecule has 0 unspecified atom stereocenters. The van der Waals surface area contributed by atoms with Crippen molar-refractivity contribution in [1.82, 2.24) is 0 Å². The Hall–Kier alpha value is -1.94. The van der Waals surface area contributed by atoms with Gasteiger partial charge in [-0.3, -0.25) is 0 Å². The summed E-state index contributed by atoms with van der Waals surface area (Å²) >= 11 is 0. The summed E-state index contributed by atoms with van der Waals surface area (Å²) in [5.74, 6) is -0.833. The van der Waals surface area contributed by atoms with E-state index in [0.29, 0.717) is 5.75 Å². The van der Waals surface area contributed by atoms with Crippen LogP contribution < -0.4 is 10.5 Å². The SMILES string of the molecule is CC[C@@H](N)c1ccc(Oc2cc(F)ccc2F)cc1. The van der Waals surface area contributed by atoms with E-state index in [2.05, 4.69) is 0 Å². The Labute approximate surface area is 110 Å². The van der Waals surface area contributed by atoms with Crippen LogP contribution in [-0.2, 0) is 0 Å². The van der Waals surface area contributed by atoms with Crippen LogP contribution >= 0.6 is 0 Å². The lowest BCUT2D eigenvalue weighted by molar-refractivity contribution is 0.436. The molecule has 100 valence electrons. The van der Waals surface area contributed by atoms with E-state index in [0.717, 1.165) is 30.2 Å². The van der Waals surface area contributed by atoms with E-state index in [1.165, 1.54) is 0 Å². The molecule has 0 saturated carbocycles. The van der Waals surface area contributed by atoms with Crippen LogP contribution in [0, 0.1) is 11.6 Å². The van der Waals surface area contributed by atoms with E-state index in [9.17, 15) is 8.78 Å². The largest absolute Gasteiger partial charge is 0.454 e. The summed E-state index contributed by atoms with van der Waals surface area (Å²) in [6.45, 7) is 2.00. The lowest BCUT2D eigenvalue weighted by atomic mass is 10.1. The predicted octanol–water partition coefficient (Wildman–Crippen LogP) is 4.17. The summed E-state index contributed by atoms with van der Waals surface area (Å²) in [7, 11) is 0. The molecular formula is C15H15F2NO. The molecule has 0 aliphatic carbocycles. The Morgan fingerprint density at radius 2 is 1.79 bits per heavy atom. The smallest absolute Gasteiger partial charge is 0.165 e. The number of hydrogen-bond acceptors (Lipinski definition) is 2. The van der Waals surface area contributed by atoms with Gasteiger partial charge in [-0.1, -0.05) is 19.1 Å². The minimum absolute atomic E-state index is 0.0278. The van der Waals surface area contributed by atoms with Crippen LogP contribution in [0.25, 0.3) is 0 Å². The second-order valence-electron chi connectivity index (χ2n) is 4.26. The molecule has 2 aromatic rings. The lowest BCUT2D eigenvalue weighted by Crippen LogP contribution is -2.08. The van der Waals surface area contributed by atoms with Crippen molar-refractivity contribution in [2.75, 3.05) is 0 Å². The summed E-state index contributed by atoms with van der Waals surface area (Å²) < 4.78 is 31.7. The molecule has 2 aromatic carbocycles. The number of hydrogen-bond donors (Lipinski definition) is 1. The molecule has 0 heterocycles. The third-order valence-electron chi connectivity index (χ3n) is 2.87. The highest BCUT2D eigenvalue weighted by Gasteiger charge is 2.07. The number of nitrogens with two attached hydrogens (primary N) is 1. The summed E-state index contributed by atoms with van der Waals surface area (Å²) in [4.78, 5) is 0. The van der Waals surface area contributed by atoms with Crippen LogP contribution in [-0.4, -0.2) is 0 Å². The summed E-state index contributed by atoms with van der Waals surface area (Å²) in [5.41, 5.74) is 6.87. The van der Waals surface area contributed by atoms with Crippen molar-refractivity contribution in [2.24, 2.45) is 5.73 Å². The first-order chi connectivity index (χ1) is 9.10. The normalized spacial score (nSPS) is 12.2. The number of rotatable bonds is 4. The lowest BCUT2D eigenvalue weighted by Gasteiger charge is -2.11. The van der Waals surface area contributed by atoms with Crippen molar-refractivity contribution in [3.8, 4) is 11.5 Å². The van der Waals surface area contributed by atoms with Gasteiger partial charge in [0.1, 0.15) is 11.6 Å². The molecule has 0 spiro atoms. The van der Waals surface area contributed by atoms with E-state index in [-0.39, 0.29) is 11.8 Å². The second-order valence-corrected chi connectivity index (χ2v) is 4.26. The molecule has 0 saturated heterocycles. The summed E-state index contributed by atoms with van der Waals surface area (Å²) in [6, 6.07) is 10.1. The molecule has 1 atom stereocenters. The second kappa shape index (κ2) is 5.80. The van der Waals surface area contributed by atoms with E-state index in [1.54, 1.807) is 12.1 Å². The molecule has 0 bridgehead atoms. The minimum Gasteiger partial charge on any atom is -0.454 e. The van der Waals surface area contributed by atoms with Gasteiger partial charge in [0.25, 0.3) is 0 Å². The van der Waals surface area contributed by atoms with Gasteiger partial charge in [-0.15, -0.1) is 0 Å². The van der Waals surface area contributed by atoms with Crippen molar-refractivity contribution in [2.45, 2.75) is 19.4 Å². The Kier molecular flexibility index (Phi) is 4.12. The van der Waals surface area contributed by atoms with Gasteiger partial charge in [0.15, 0.2) is 11.6 Å². The van der Waals surface area contributed by atoms with Gasteiger partial charge in [-0.25, -0.2) is 8.78 Å². The number of benzene rings is 2. The molecule has 2 nitrogen and oxygen atoms in total. The maximum Gasteiger partial charge on any atom is 0.165 e. The fraction of sp³-hybridized carbons (Fsp3) is 0.200. The van der Waals surface area contributed by atoms with Crippen LogP contribution in [0.2, 0.25) is 0 Å². The van der Waals surface area contributed by atoms with Gasteiger partial charge >= 0.3 is 0 Å². The zero-order valence-corrected chi connectivity index (χ0v) is 10.6. The van der Waals surface area contributed by atoms with Crippen molar-refractivity contribution in [3.05, 3.63) is 59.7 Å². The van der Waals surface area contributed by atoms with Crippen molar-refractivity contribution >= 4 is 0 Å². The first-order valence-electron chi connectivity index (χ1n) is 6.08. The third-order valence-corrected chi connectivity index (χ3v) is 2.87. The Balaban J connectivity index is 2.17. The first kappa shape index (κ1) is 13.5. The maximum atomic E-state index is 13.4. The monoisotopic (exact) mass is 263 g/mol. The molecule has 2 rings (SSSR count). The highest BCUT2D eigenvalue weighted by molar-refractivity contribution is 5.34. The average Bonchev–Trinajstić information content (AvgIpc) is 2.43. The molecule has 0 radical (unpaired) electrons. The van der Waals surface area contributed by atoms with Crippen LogP contribution in [0.3, 0.4) is 0 Å². The fourth-order valence-corrected chi connectivity index (χ4v) is 1.70. The molecular weight excluding hydrogens is 248 g/mol. The molecule has 0 aliphatic heterocycles. The molecule has 0 aromatic heterocycles. The van der Waals surface area contributed by atoms with Gasteiger partial charge in [-0.2, -0.15) is 0 Å². The minimum atomic E-state index is -0.601. The zero-order chi connectivity index (χ0) is 13.8. The molecule has 19 heavy (non-hydrogen) atoms. The van der Waals surface area contributed by atoms with Gasteiger partial charge in [0.2, 0.25) is 0 Å². The quantitative estimate of drug-likeness (QED) is 0.898. The standard InChI is InChI=1S/C15H15F2NO/c1-2-14(18)10-3-6-12(7-4-10)19-15-9-11(16)5-8-13(15)17/h3-9,14H,2,18H2,1H3/t14-/m1/s1. The van der Waals surface area contributed by atoms with Crippen molar-refractivity contribution in [3.63, 3.8) is 0 Å². The van der Waals surface area contributed by atoms with Crippen LogP contribution in [0.4, 0.5) is 8.78 Å². The summed E-state index contributed by atoms with van der Waals surface area (Å²) in [6.07, 6.45) is 0.832. The Morgan fingerprint density at radius 1 is 1.11 bits per heavy atom. The van der Waals surface area contributed by atoms with E-state index in [4.69, 9.17) is 10.5 Å². The van der Waals surface area contributed by atoms with Crippen LogP contribution in [0.5, 0.6) is 11.5 Å². The highest BCUT2D eigenvalue weighted by atomic mass is 19.1. The number of ether oxygens (including phenoxy) is 1. The Bertz CT molecular complexity index is 555. The number of halogens is 2. The molecule has 4 heteroatoms. The zero-order valence-electron chi connectivity index (χ0n) is 10.6. The van der Waals surface area contributed by atoms with Gasteiger partial charge in [-0.05, 0) is 36.2 Å². The van der Waals surface area contributed by atoms with E-state index in [1.807, 2.05) is 19.1 Å². The molecule has 2 N–H and O–H groups in total. The van der Waals surface area contributed by atoms with Crippen molar-refractivity contribution < 1.29 is 13.5 Å². The molecule has 0 aliphatic rings. The highest BCUT2D eigenvalue weighted by Crippen LogP contribution is 2.26. The van der Waals surface area contributed by atoms with Gasteiger partial charge in [0.05, 0.1) is 0 Å². The molecule has 0 fully saturated rings. The fourth-order valence-electron chi connectivity index (χ4n) is 1.70. The van der Waals surface area contributed by atoms with Crippen LogP contribution in [0.1, 0.15) is 24.9 Å². The van der Waals surface area contributed by atoms with Gasteiger partial charge in [0, 0.05) is 12.1 Å². The van der Waals surface area contributed by atoms with Crippen molar-refractivity contribution in [1.29, 1.82) is 0 Å². The van der Waals surface area contributed by atoms with Crippen LogP contribution in [0.15, 0.2) is 42.5 Å².